The molecule has 1 saturated heterocycles. The van der Waals surface area contributed by atoms with Crippen LogP contribution in [0.3, 0.4) is 0 Å². The molecule has 0 saturated carbocycles. The first kappa shape index (κ1) is 57.7. The number of nitro benzene ring substituents is 1. The molecule has 7 atom stereocenters. The molecule has 1 fully saturated rings. The number of primary amides is 1. The summed E-state index contributed by atoms with van der Waals surface area (Å²) in [5, 5.41) is 29.5. The van der Waals surface area contributed by atoms with Gasteiger partial charge in [0.05, 0.1) is 16.8 Å². The zero-order chi connectivity index (χ0) is 56.0. The first-order valence-electron chi connectivity index (χ1n) is 26.6. The molecule has 1 aliphatic carbocycles. The number of aromatic nitrogens is 1. The fraction of sp³-hybridized carbons (Fsp3) is 0.464. The lowest BCUT2D eigenvalue weighted by Crippen LogP contribution is -2.58. The van der Waals surface area contributed by atoms with E-state index in [-0.39, 0.29) is 63.0 Å². The minimum absolute atomic E-state index is 0.0182. The molecule has 7 rings (SSSR count). The molecule has 21 nitrogen and oxygen atoms in total. The molecular weight excluding hydrogens is 1010 g/mol. The summed E-state index contributed by atoms with van der Waals surface area (Å²) in [7, 11) is 1.96. The number of nitro groups is 1. The Morgan fingerprint density at radius 3 is 2.08 bits per heavy atom. The first-order valence-corrected chi connectivity index (χ1v) is 26.6. The van der Waals surface area contributed by atoms with Crippen LogP contribution < -0.4 is 37.6 Å². The number of unbranched alkanes of at least 4 members (excludes halogenated alkanes) is 2. The van der Waals surface area contributed by atoms with Crippen LogP contribution in [0.1, 0.15) is 87.5 Å². The fourth-order valence-electron chi connectivity index (χ4n) is 10.7. The van der Waals surface area contributed by atoms with Crippen molar-refractivity contribution in [2.24, 2.45) is 17.6 Å². The number of aromatic amines is 1. The highest BCUT2D eigenvalue weighted by molar-refractivity contribution is 6.00. The SMILES string of the molecule is CC(=O)NCCCC[C@H](NC(=O)C1CCCN(C(=O)[C@H](Cc2ccc(F)cc2)NC(=O)[C@H](Cc2ccc([N+](=O)[O-])cc2)NC(=O)[C@@H]2C=C3c4cccc5[nH]cc(c45)C[C@H]3N(C)C2)C1)C(=O)NCCCC[C@H](NC(C)=O)C(N)=O. The molecule has 4 aromatic rings. The number of likely N-dealkylation sites (tertiary alicyclic amines) is 1. The number of hydrogen-bond donors (Lipinski definition) is 8. The van der Waals surface area contributed by atoms with E-state index >= 15 is 0 Å². The zero-order valence-electron chi connectivity index (χ0n) is 44.2. The first-order chi connectivity index (χ1) is 37.3. The number of amides is 8. The molecule has 3 aliphatic rings. The van der Waals surface area contributed by atoms with E-state index in [4.69, 9.17) is 5.73 Å². The molecule has 416 valence electrons. The molecule has 8 amide bonds. The van der Waals surface area contributed by atoms with Gasteiger partial charge in [-0.25, -0.2) is 4.39 Å². The summed E-state index contributed by atoms with van der Waals surface area (Å²) in [6.45, 7) is 3.78. The van der Waals surface area contributed by atoms with Crippen LogP contribution in [-0.4, -0.2) is 137 Å². The van der Waals surface area contributed by atoms with Crippen molar-refractivity contribution in [1.82, 2.24) is 46.7 Å². The van der Waals surface area contributed by atoms with Gasteiger partial charge in [-0.1, -0.05) is 42.5 Å². The largest absolute Gasteiger partial charge is 0.368 e. The number of halogens is 1. The molecule has 2 aliphatic heterocycles. The number of fused-ring (bicyclic) bond motifs is 2. The molecule has 22 heteroatoms. The molecule has 0 bridgehead atoms. The van der Waals surface area contributed by atoms with E-state index in [1.807, 2.05) is 37.5 Å². The lowest BCUT2D eigenvalue weighted by molar-refractivity contribution is -0.384. The average molecular weight is 1080 g/mol. The van der Waals surface area contributed by atoms with E-state index in [2.05, 4.69) is 41.8 Å². The van der Waals surface area contributed by atoms with Gasteiger partial charge in [0, 0.05) is 94.7 Å². The minimum atomic E-state index is -1.27. The molecule has 1 unspecified atom stereocenters. The van der Waals surface area contributed by atoms with Crippen LogP contribution in [0.15, 0.2) is 79.0 Å². The summed E-state index contributed by atoms with van der Waals surface area (Å²) in [6, 6.07) is 12.8. The van der Waals surface area contributed by atoms with Crippen molar-refractivity contribution in [3.05, 3.63) is 117 Å². The Balaban J connectivity index is 1.07. The van der Waals surface area contributed by atoms with Crippen LogP contribution in [0.5, 0.6) is 0 Å². The third kappa shape index (κ3) is 15.3. The van der Waals surface area contributed by atoms with Crippen LogP contribution >= 0.6 is 0 Å². The number of rotatable bonds is 25. The maximum absolute atomic E-state index is 14.8. The fourth-order valence-corrected chi connectivity index (χ4v) is 10.7. The highest BCUT2D eigenvalue weighted by Crippen LogP contribution is 2.41. The number of nitrogens with two attached hydrogens (primary N) is 1. The van der Waals surface area contributed by atoms with Gasteiger partial charge in [0.1, 0.15) is 30.0 Å². The second-order valence-electron chi connectivity index (χ2n) is 20.6. The van der Waals surface area contributed by atoms with Gasteiger partial charge in [-0.05, 0) is 111 Å². The van der Waals surface area contributed by atoms with Crippen LogP contribution in [0.25, 0.3) is 16.5 Å². The van der Waals surface area contributed by atoms with Gasteiger partial charge < -0.3 is 47.5 Å². The number of hydrogen-bond acceptors (Lipinski definition) is 11. The van der Waals surface area contributed by atoms with Crippen molar-refractivity contribution in [2.45, 2.75) is 115 Å². The van der Waals surface area contributed by atoms with Gasteiger partial charge in [0.15, 0.2) is 0 Å². The second kappa shape index (κ2) is 26.8. The van der Waals surface area contributed by atoms with E-state index in [9.17, 15) is 52.9 Å². The summed E-state index contributed by atoms with van der Waals surface area (Å²) in [4.78, 5) is 125. The Morgan fingerprint density at radius 1 is 0.756 bits per heavy atom. The zero-order valence-corrected chi connectivity index (χ0v) is 44.2. The van der Waals surface area contributed by atoms with Gasteiger partial charge in [-0.15, -0.1) is 0 Å². The number of carbonyl (C=O) groups is 8. The smallest absolute Gasteiger partial charge is 0.269 e. The van der Waals surface area contributed by atoms with Crippen LogP contribution in [0.4, 0.5) is 10.1 Å². The standard InChI is InChI=1S/C56H70FN11O10/c1-33(69)59-23-6-5-13-46(54(74)60-24-7-4-12-45(51(58)71)62-34(2)70)63-52(72)37-10-9-25-67(32-37)56(76)48(27-35-15-19-40(57)20-16-35)65-55(75)47(26-36-17-21-41(22-18-36)68(77)78)64-53(73)39-28-43-42-11-8-14-44-50(42)38(30-61-44)29-49(43)66(3)31-39/h8,11,14-22,28,30,37,39,45-49,61H,4-7,9-10,12-13,23-27,29,31-32H2,1-3H3,(H2,58,71)(H,59,69)(H,60,74)(H,62,70)(H,63,72)(H,64,73)(H,65,75)/t37?,39-,45+,46+,47+,48+,49-/m1/s1. The molecule has 9 N–H and O–H groups in total. The lowest BCUT2D eigenvalue weighted by Gasteiger charge is -2.39. The van der Waals surface area contributed by atoms with Gasteiger partial charge in [-0.2, -0.15) is 0 Å². The van der Waals surface area contributed by atoms with E-state index in [1.54, 1.807) is 0 Å². The summed E-state index contributed by atoms with van der Waals surface area (Å²) >= 11 is 0. The predicted molar refractivity (Wildman–Crippen MR) is 288 cm³/mol. The Kier molecular flexibility index (Phi) is 19.9. The number of non-ortho nitro benzene ring substituents is 1. The maximum atomic E-state index is 14.8. The van der Waals surface area contributed by atoms with Gasteiger partial charge in [-0.3, -0.25) is 53.4 Å². The minimum Gasteiger partial charge on any atom is -0.368 e. The quantitative estimate of drug-likeness (QED) is 0.0271. The van der Waals surface area contributed by atoms with Crippen molar-refractivity contribution in [1.29, 1.82) is 0 Å². The number of piperidine rings is 1. The van der Waals surface area contributed by atoms with E-state index in [1.165, 1.54) is 72.8 Å². The van der Waals surface area contributed by atoms with Crippen molar-refractivity contribution < 1.29 is 47.7 Å². The highest BCUT2D eigenvalue weighted by Gasteiger charge is 2.39. The summed E-state index contributed by atoms with van der Waals surface area (Å²) in [5.41, 5.74) is 10.5. The Hall–Kier alpha value is -8.01. The second-order valence-corrected chi connectivity index (χ2v) is 20.6. The summed E-state index contributed by atoms with van der Waals surface area (Å²) in [6.07, 6.45) is 7.76. The molecular formula is C56H70FN11O10. The molecule has 0 radical (unpaired) electrons. The van der Waals surface area contributed by atoms with Gasteiger partial charge in [0.2, 0.25) is 47.3 Å². The number of benzene rings is 3. The van der Waals surface area contributed by atoms with E-state index in [0.717, 1.165) is 28.5 Å². The van der Waals surface area contributed by atoms with Crippen LogP contribution in [-0.2, 0) is 57.6 Å². The Labute approximate surface area is 451 Å². The predicted octanol–water partition coefficient (Wildman–Crippen LogP) is 2.85. The van der Waals surface area contributed by atoms with Crippen LogP contribution in [0, 0.1) is 27.8 Å². The third-order valence-electron chi connectivity index (χ3n) is 14.8. The maximum Gasteiger partial charge on any atom is 0.269 e. The van der Waals surface area contributed by atoms with Crippen molar-refractivity contribution >= 4 is 69.4 Å². The summed E-state index contributed by atoms with van der Waals surface area (Å²) < 4.78 is 14.2. The van der Waals surface area contributed by atoms with E-state index < -0.39 is 88.1 Å². The van der Waals surface area contributed by atoms with Crippen LogP contribution in [0.2, 0.25) is 0 Å². The van der Waals surface area contributed by atoms with Gasteiger partial charge in [0.25, 0.3) is 5.69 Å². The van der Waals surface area contributed by atoms with Crippen molar-refractivity contribution in [2.75, 3.05) is 39.8 Å². The monoisotopic (exact) mass is 1080 g/mol. The molecule has 1 aromatic heterocycles. The van der Waals surface area contributed by atoms with Gasteiger partial charge >= 0.3 is 0 Å². The third-order valence-corrected chi connectivity index (χ3v) is 14.8. The van der Waals surface area contributed by atoms with Crippen molar-refractivity contribution in [3.63, 3.8) is 0 Å². The molecule has 0 spiro atoms. The lowest BCUT2D eigenvalue weighted by atomic mass is 9.79. The number of H-pyrrole nitrogens is 1. The number of nitrogens with one attached hydrogen (secondary N) is 7. The summed E-state index contributed by atoms with van der Waals surface area (Å²) in [5.74, 6) is -5.82. The average Bonchev–Trinajstić information content (AvgIpc) is 4.04. The van der Waals surface area contributed by atoms with E-state index in [0.29, 0.717) is 62.7 Å². The normalized spacial score (nSPS) is 18.4. The number of carbonyl (C=O) groups excluding carboxylic acids is 8. The number of likely N-dealkylation sites (N-methyl/N-ethyl adjacent to an activating group) is 1. The number of nitrogens with zero attached hydrogens (tertiary/aromatic N) is 3. The molecule has 3 heterocycles. The Bertz CT molecular complexity index is 2890. The highest BCUT2D eigenvalue weighted by atomic mass is 19.1. The molecule has 78 heavy (non-hydrogen) atoms. The molecule has 3 aromatic carbocycles. The Morgan fingerprint density at radius 2 is 1.41 bits per heavy atom. The topological polar surface area (TPSA) is 300 Å². The van der Waals surface area contributed by atoms with Crippen molar-refractivity contribution in [3.8, 4) is 0 Å².